The molecule has 0 bridgehead atoms. The van der Waals surface area contributed by atoms with Crippen LogP contribution in [0.5, 0.6) is 5.75 Å². The summed E-state index contributed by atoms with van der Waals surface area (Å²) in [6.45, 7) is 0.375. The fraction of sp³-hybridized carbons (Fsp3) is 0.200. The van der Waals surface area contributed by atoms with E-state index in [0.29, 0.717) is 6.61 Å². The molecular weight excluding hydrogens is 336 g/mol. The van der Waals surface area contributed by atoms with E-state index in [0.717, 1.165) is 18.6 Å². The highest BCUT2D eigenvalue weighted by Gasteiger charge is 2.39. The Hall–Kier alpha value is -1.62. The Morgan fingerprint density at radius 2 is 1.92 bits per heavy atom. The van der Waals surface area contributed by atoms with E-state index < -0.39 is 0 Å². The first-order chi connectivity index (χ1) is 11.9. The van der Waals surface area contributed by atoms with E-state index in [1.807, 2.05) is 23.9 Å². The maximum atomic E-state index is 8.88. The second-order valence-electron chi connectivity index (χ2n) is 5.63. The largest absolute Gasteiger partial charge is 0.491 e. The average molecular weight is 356 g/mol. The van der Waals surface area contributed by atoms with Crippen molar-refractivity contribution in [2.45, 2.75) is 27.5 Å². The first-order valence-corrected chi connectivity index (χ1v) is 10.2. The lowest BCUT2D eigenvalue weighted by molar-refractivity contribution is 0.201. The van der Waals surface area contributed by atoms with Gasteiger partial charge in [0.15, 0.2) is 14.7 Å². The van der Waals surface area contributed by atoms with E-state index in [-0.39, 0.29) is 17.5 Å². The van der Waals surface area contributed by atoms with Crippen molar-refractivity contribution in [1.82, 2.24) is 0 Å². The van der Waals surface area contributed by atoms with Crippen LogP contribution in [0.25, 0.3) is 0 Å². The van der Waals surface area contributed by atoms with Crippen LogP contribution in [0.1, 0.15) is 12.8 Å². The van der Waals surface area contributed by atoms with Crippen molar-refractivity contribution in [2.24, 2.45) is 0 Å². The summed E-state index contributed by atoms with van der Waals surface area (Å²) in [5.74, 6) is 0.810. The molecule has 2 aliphatic rings. The zero-order chi connectivity index (χ0) is 16.4. The minimum Gasteiger partial charge on any atom is -0.491 e. The molecule has 0 radical (unpaired) electrons. The number of benzene rings is 2. The normalized spacial score (nSPS) is 19.0. The van der Waals surface area contributed by atoms with Crippen molar-refractivity contribution in [3.8, 4) is 5.75 Å². The third-order valence-electron chi connectivity index (χ3n) is 4.02. The topological polar surface area (TPSA) is 29.5 Å². The Morgan fingerprint density at radius 1 is 1.08 bits per heavy atom. The quantitative estimate of drug-likeness (QED) is 0.802. The van der Waals surface area contributed by atoms with Crippen LogP contribution in [0.15, 0.2) is 85.2 Å². The van der Waals surface area contributed by atoms with Gasteiger partial charge in [-0.1, -0.05) is 30.0 Å². The van der Waals surface area contributed by atoms with Gasteiger partial charge in [-0.05, 0) is 55.3 Å². The number of aliphatic hydroxyl groups is 1. The van der Waals surface area contributed by atoms with Gasteiger partial charge < -0.3 is 9.84 Å². The van der Waals surface area contributed by atoms with Crippen LogP contribution in [0.2, 0.25) is 0 Å². The zero-order valence-electron chi connectivity index (χ0n) is 13.3. The number of hydrogen-bond donors (Lipinski definition) is 1. The molecule has 2 nitrogen and oxygen atoms in total. The molecular formula is C20H19O2S2+. The molecule has 1 heterocycles. The van der Waals surface area contributed by atoms with Gasteiger partial charge in [0.1, 0.15) is 23.3 Å². The van der Waals surface area contributed by atoms with Crippen molar-refractivity contribution < 1.29 is 9.84 Å². The maximum Gasteiger partial charge on any atom is 0.180 e. The molecule has 0 saturated carbocycles. The Morgan fingerprint density at radius 3 is 2.75 bits per heavy atom. The summed E-state index contributed by atoms with van der Waals surface area (Å²) in [6.07, 6.45) is 6.90. The molecule has 4 rings (SSSR count). The van der Waals surface area contributed by atoms with E-state index in [1.54, 1.807) is 0 Å². The molecule has 1 atom stereocenters. The number of allylic oxidation sites excluding steroid dienone is 3. The lowest BCUT2D eigenvalue weighted by Crippen LogP contribution is -2.14. The van der Waals surface area contributed by atoms with Gasteiger partial charge in [0.25, 0.3) is 0 Å². The standard InChI is InChI=1S/C20H19O2S2/c21-13-14-22-15-9-11-16(12-10-15)24-19-7-3-1-5-17(19)23-18-6-2-4-8-20(18)24/h1,3-5,7-12,21H,2,6,13-14H2/q+1. The molecule has 0 amide bonds. The van der Waals surface area contributed by atoms with Crippen LogP contribution in [-0.2, 0) is 10.9 Å². The van der Waals surface area contributed by atoms with Crippen molar-refractivity contribution in [3.63, 3.8) is 0 Å². The fourth-order valence-electron chi connectivity index (χ4n) is 2.95. The molecule has 0 fully saturated rings. The van der Waals surface area contributed by atoms with Gasteiger partial charge >= 0.3 is 0 Å². The van der Waals surface area contributed by atoms with Gasteiger partial charge in [-0.2, -0.15) is 0 Å². The third-order valence-corrected chi connectivity index (χ3v) is 7.89. The molecule has 24 heavy (non-hydrogen) atoms. The highest BCUT2D eigenvalue weighted by molar-refractivity contribution is 8.08. The van der Waals surface area contributed by atoms with Crippen molar-refractivity contribution >= 4 is 22.7 Å². The lowest BCUT2D eigenvalue weighted by atomic mass is 10.2. The number of aliphatic hydroxyl groups excluding tert-OH is 1. The van der Waals surface area contributed by atoms with Crippen LogP contribution in [0.4, 0.5) is 0 Å². The van der Waals surface area contributed by atoms with Crippen LogP contribution < -0.4 is 4.74 Å². The van der Waals surface area contributed by atoms with Gasteiger partial charge in [0.05, 0.1) is 11.5 Å². The summed E-state index contributed by atoms with van der Waals surface area (Å²) in [7, 11) is -0.0464. The second kappa shape index (κ2) is 7.09. The Labute approximate surface area is 149 Å². The van der Waals surface area contributed by atoms with E-state index in [1.165, 1.54) is 24.5 Å². The van der Waals surface area contributed by atoms with Gasteiger partial charge in [0, 0.05) is 4.91 Å². The SMILES string of the molecule is OCCOc1ccc([S+]2C3=C(CCC=C3)Sc3ccccc32)cc1. The average Bonchev–Trinajstić information content (AvgIpc) is 2.65. The van der Waals surface area contributed by atoms with Crippen LogP contribution in [-0.4, -0.2) is 18.3 Å². The molecule has 0 saturated heterocycles. The minimum atomic E-state index is -0.0464. The maximum absolute atomic E-state index is 8.88. The first-order valence-electron chi connectivity index (χ1n) is 8.11. The van der Waals surface area contributed by atoms with Gasteiger partial charge in [-0.15, -0.1) is 0 Å². The van der Waals surface area contributed by atoms with Crippen LogP contribution in [0, 0.1) is 0 Å². The second-order valence-corrected chi connectivity index (χ2v) is 8.73. The molecule has 2 aromatic rings. The molecule has 0 aromatic heterocycles. The van der Waals surface area contributed by atoms with Crippen LogP contribution >= 0.6 is 11.8 Å². The highest BCUT2D eigenvalue weighted by atomic mass is 32.2. The summed E-state index contributed by atoms with van der Waals surface area (Å²) >= 11 is 1.94. The number of hydrogen-bond acceptors (Lipinski definition) is 3. The van der Waals surface area contributed by atoms with E-state index in [4.69, 9.17) is 9.84 Å². The van der Waals surface area contributed by atoms with Gasteiger partial charge in [0.2, 0.25) is 0 Å². The van der Waals surface area contributed by atoms with E-state index >= 15 is 0 Å². The van der Waals surface area contributed by atoms with Crippen molar-refractivity contribution in [3.05, 3.63) is 70.5 Å². The lowest BCUT2D eigenvalue weighted by Gasteiger charge is -2.22. The number of rotatable bonds is 4. The fourth-order valence-corrected chi connectivity index (χ4v) is 6.87. The highest BCUT2D eigenvalue weighted by Crippen LogP contribution is 2.49. The zero-order valence-corrected chi connectivity index (χ0v) is 14.9. The molecule has 0 spiro atoms. The minimum absolute atomic E-state index is 0.0394. The Kier molecular flexibility index (Phi) is 4.69. The Bertz CT molecular complexity index is 794. The third kappa shape index (κ3) is 3.02. The first kappa shape index (κ1) is 15.9. The van der Waals surface area contributed by atoms with E-state index in [9.17, 15) is 0 Å². The van der Waals surface area contributed by atoms with Gasteiger partial charge in [-0.25, -0.2) is 0 Å². The molecule has 122 valence electrons. The molecule has 2 aromatic carbocycles. The molecule has 1 aliphatic heterocycles. The molecule has 4 heteroatoms. The Balaban J connectivity index is 1.74. The molecule has 1 aliphatic carbocycles. The summed E-state index contributed by atoms with van der Waals surface area (Å²) in [5.41, 5.74) is 0. The monoisotopic (exact) mass is 355 g/mol. The smallest absolute Gasteiger partial charge is 0.180 e. The number of fused-ring (bicyclic) bond motifs is 1. The van der Waals surface area contributed by atoms with Crippen LogP contribution in [0.3, 0.4) is 0 Å². The van der Waals surface area contributed by atoms with Gasteiger partial charge in [-0.3, -0.25) is 0 Å². The predicted molar refractivity (Wildman–Crippen MR) is 101 cm³/mol. The number of ether oxygens (including phenoxy) is 1. The van der Waals surface area contributed by atoms with Crippen molar-refractivity contribution in [2.75, 3.05) is 13.2 Å². The summed E-state index contributed by atoms with van der Waals surface area (Å²) < 4.78 is 5.50. The van der Waals surface area contributed by atoms with Crippen molar-refractivity contribution in [1.29, 1.82) is 0 Å². The summed E-state index contributed by atoms with van der Waals surface area (Å²) in [4.78, 5) is 7.10. The summed E-state index contributed by atoms with van der Waals surface area (Å²) in [5, 5.41) is 8.88. The number of thioether (sulfide) groups is 1. The predicted octanol–water partition coefficient (Wildman–Crippen LogP) is 4.76. The molecule has 1 unspecified atom stereocenters. The summed E-state index contributed by atoms with van der Waals surface area (Å²) in [6, 6.07) is 17.1. The molecule has 1 N–H and O–H groups in total. The van der Waals surface area contributed by atoms with E-state index in [2.05, 4.69) is 48.6 Å².